The van der Waals surface area contributed by atoms with Crippen molar-refractivity contribution in [3.8, 4) is 0 Å². The molecule has 1 aromatic rings. The van der Waals surface area contributed by atoms with Crippen molar-refractivity contribution in [1.82, 2.24) is 9.80 Å². The molecule has 1 aliphatic carbocycles. The van der Waals surface area contributed by atoms with Gasteiger partial charge in [-0.3, -0.25) is 4.90 Å². The zero-order chi connectivity index (χ0) is 17.6. The summed E-state index contributed by atoms with van der Waals surface area (Å²) in [5.74, 6) is 0. The van der Waals surface area contributed by atoms with E-state index < -0.39 is 0 Å². The van der Waals surface area contributed by atoms with E-state index in [0.717, 1.165) is 32.7 Å². The number of hydrogen-bond donors (Lipinski definition) is 1. The minimum absolute atomic E-state index is 0.135. The number of rotatable bonds is 4. The Bertz CT molecular complexity index is 619. The minimum atomic E-state index is -0.135. The summed E-state index contributed by atoms with van der Waals surface area (Å²) in [4.78, 5) is 16.7. The average Bonchev–Trinajstić information content (AvgIpc) is 2.64. The fourth-order valence-electron chi connectivity index (χ4n) is 3.41. The predicted octanol–water partition coefficient (Wildman–Crippen LogP) is 5.03. The van der Waals surface area contributed by atoms with Crippen LogP contribution in [-0.4, -0.2) is 48.6 Å². The smallest absolute Gasteiger partial charge is 0.322 e. The van der Waals surface area contributed by atoms with E-state index in [-0.39, 0.29) is 6.03 Å². The van der Waals surface area contributed by atoms with Crippen LogP contribution >= 0.6 is 23.2 Å². The van der Waals surface area contributed by atoms with Crippen molar-refractivity contribution in [3.63, 3.8) is 0 Å². The first-order valence-corrected chi connectivity index (χ1v) is 9.79. The molecule has 0 unspecified atom stereocenters. The molecule has 0 saturated carbocycles. The van der Waals surface area contributed by atoms with E-state index in [1.165, 1.54) is 32.1 Å². The molecule has 25 heavy (non-hydrogen) atoms. The molecule has 0 aromatic heterocycles. The van der Waals surface area contributed by atoms with Gasteiger partial charge in [0.05, 0.1) is 15.7 Å². The predicted molar refractivity (Wildman–Crippen MR) is 105 cm³/mol. The van der Waals surface area contributed by atoms with Crippen molar-refractivity contribution < 1.29 is 4.79 Å². The van der Waals surface area contributed by atoms with Gasteiger partial charge in [-0.15, -0.1) is 0 Å². The summed E-state index contributed by atoms with van der Waals surface area (Å²) in [6.45, 7) is 4.38. The molecule has 0 atom stereocenters. The van der Waals surface area contributed by atoms with Crippen LogP contribution in [0.1, 0.15) is 32.1 Å². The number of carbonyl (C=O) groups excluding carboxylic acids is 1. The monoisotopic (exact) mass is 381 g/mol. The Morgan fingerprint density at radius 1 is 1.08 bits per heavy atom. The van der Waals surface area contributed by atoms with E-state index in [1.54, 1.807) is 23.8 Å². The quantitative estimate of drug-likeness (QED) is 0.741. The van der Waals surface area contributed by atoms with E-state index in [1.807, 2.05) is 4.90 Å². The molecule has 136 valence electrons. The summed E-state index contributed by atoms with van der Waals surface area (Å²) >= 11 is 12.2. The van der Waals surface area contributed by atoms with Crippen LogP contribution < -0.4 is 5.32 Å². The number of halogens is 2. The van der Waals surface area contributed by atoms with Crippen molar-refractivity contribution in [2.45, 2.75) is 32.1 Å². The molecule has 1 aromatic carbocycles. The first-order valence-electron chi connectivity index (χ1n) is 9.03. The molecule has 0 bridgehead atoms. The molecule has 6 heteroatoms. The Hall–Kier alpha value is -1.23. The van der Waals surface area contributed by atoms with Gasteiger partial charge < -0.3 is 10.2 Å². The second-order valence-electron chi connectivity index (χ2n) is 6.71. The second kappa shape index (κ2) is 8.93. The van der Waals surface area contributed by atoms with Crippen LogP contribution in [0.5, 0.6) is 0 Å². The summed E-state index contributed by atoms with van der Waals surface area (Å²) in [6, 6.07) is 5.08. The number of para-hydroxylation sites is 1. The van der Waals surface area contributed by atoms with Crippen molar-refractivity contribution in [2.75, 3.05) is 38.0 Å². The summed E-state index contributed by atoms with van der Waals surface area (Å²) in [6.07, 6.45) is 8.77. The first-order chi connectivity index (χ1) is 12.1. The standard InChI is InChI=1S/C19H25Cl2N3O/c20-16-7-4-8-17(21)18(16)22-19(25)24-13-11-23(12-14-24)10-9-15-5-2-1-3-6-15/h4-5,7-8H,1-3,6,9-14H2,(H,22,25). The highest BCUT2D eigenvalue weighted by atomic mass is 35.5. The third kappa shape index (κ3) is 5.13. The zero-order valence-corrected chi connectivity index (χ0v) is 16.0. The lowest BCUT2D eigenvalue weighted by molar-refractivity contribution is 0.148. The number of anilines is 1. The van der Waals surface area contributed by atoms with Gasteiger partial charge in [0.15, 0.2) is 0 Å². The molecule has 1 saturated heterocycles. The van der Waals surface area contributed by atoms with Crippen LogP contribution in [0.15, 0.2) is 29.8 Å². The number of urea groups is 1. The summed E-state index contributed by atoms with van der Waals surface area (Å²) in [5, 5.41) is 3.76. The van der Waals surface area contributed by atoms with Crippen molar-refractivity contribution >= 4 is 34.9 Å². The van der Waals surface area contributed by atoms with Gasteiger partial charge in [0.2, 0.25) is 0 Å². The van der Waals surface area contributed by atoms with Gasteiger partial charge in [0.25, 0.3) is 0 Å². The zero-order valence-electron chi connectivity index (χ0n) is 14.4. The van der Waals surface area contributed by atoms with Crippen LogP contribution in [-0.2, 0) is 0 Å². The fourth-order valence-corrected chi connectivity index (χ4v) is 3.90. The van der Waals surface area contributed by atoms with Crippen LogP contribution in [0.4, 0.5) is 10.5 Å². The lowest BCUT2D eigenvalue weighted by atomic mass is 9.97. The molecule has 2 amide bonds. The first kappa shape index (κ1) is 18.6. The Balaban J connectivity index is 1.45. The minimum Gasteiger partial charge on any atom is -0.322 e. The van der Waals surface area contributed by atoms with E-state index in [2.05, 4.69) is 16.3 Å². The maximum absolute atomic E-state index is 12.5. The van der Waals surface area contributed by atoms with E-state index in [9.17, 15) is 4.79 Å². The molecule has 1 aliphatic heterocycles. The van der Waals surface area contributed by atoms with Crippen molar-refractivity contribution in [3.05, 3.63) is 39.9 Å². The Morgan fingerprint density at radius 2 is 1.80 bits per heavy atom. The lowest BCUT2D eigenvalue weighted by Crippen LogP contribution is -2.50. The molecule has 4 nitrogen and oxygen atoms in total. The molecule has 3 rings (SSSR count). The maximum Gasteiger partial charge on any atom is 0.322 e. The summed E-state index contributed by atoms with van der Waals surface area (Å²) < 4.78 is 0. The molecule has 1 N–H and O–H groups in total. The number of nitrogens with one attached hydrogen (secondary N) is 1. The van der Waals surface area contributed by atoms with Gasteiger partial charge in [-0.25, -0.2) is 4.79 Å². The maximum atomic E-state index is 12.5. The fraction of sp³-hybridized carbons (Fsp3) is 0.526. The third-order valence-electron chi connectivity index (χ3n) is 4.99. The average molecular weight is 382 g/mol. The number of nitrogens with zero attached hydrogens (tertiary/aromatic N) is 2. The molecule has 1 fully saturated rings. The molecular weight excluding hydrogens is 357 g/mol. The largest absolute Gasteiger partial charge is 0.322 e. The van der Waals surface area contributed by atoms with Crippen LogP contribution in [0.25, 0.3) is 0 Å². The number of amides is 2. The Kier molecular flexibility index (Phi) is 6.63. The molecular formula is C19H25Cl2N3O. The Labute approximate surface area is 159 Å². The molecule has 1 heterocycles. The highest BCUT2D eigenvalue weighted by molar-refractivity contribution is 6.39. The van der Waals surface area contributed by atoms with Gasteiger partial charge in [0.1, 0.15) is 0 Å². The van der Waals surface area contributed by atoms with E-state index in [0.29, 0.717) is 15.7 Å². The summed E-state index contributed by atoms with van der Waals surface area (Å²) in [7, 11) is 0. The second-order valence-corrected chi connectivity index (χ2v) is 7.53. The van der Waals surface area contributed by atoms with Gasteiger partial charge in [-0.1, -0.05) is 40.9 Å². The summed E-state index contributed by atoms with van der Waals surface area (Å²) in [5.41, 5.74) is 2.10. The van der Waals surface area contributed by atoms with Crippen LogP contribution in [0.3, 0.4) is 0 Å². The number of hydrogen-bond acceptors (Lipinski definition) is 2. The highest BCUT2D eigenvalue weighted by Crippen LogP contribution is 2.30. The SMILES string of the molecule is O=C(Nc1c(Cl)cccc1Cl)N1CCN(CCC2=CCCCC2)CC1. The van der Waals surface area contributed by atoms with Gasteiger partial charge in [-0.2, -0.15) is 0 Å². The highest BCUT2D eigenvalue weighted by Gasteiger charge is 2.22. The topological polar surface area (TPSA) is 35.6 Å². The molecule has 2 aliphatic rings. The Morgan fingerprint density at radius 3 is 2.44 bits per heavy atom. The van der Waals surface area contributed by atoms with Crippen molar-refractivity contribution in [1.29, 1.82) is 0 Å². The van der Waals surface area contributed by atoms with Crippen LogP contribution in [0, 0.1) is 0 Å². The number of benzene rings is 1. The van der Waals surface area contributed by atoms with Gasteiger partial charge >= 0.3 is 6.03 Å². The normalized spacial score (nSPS) is 18.8. The number of piperazine rings is 1. The van der Waals surface area contributed by atoms with Crippen LogP contribution in [0.2, 0.25) is 10.0 Å². The van der Waals surface area contributed by atoms with Gasteiger partial charge in [0, 0.05) is 32.7 Å². The van der Waals surface area contributed by atoms with Gasteiger partial charge in [-0.05, 0) is 44.2 Å². The van der Waals surface area contributed by atoms with E-state index >= 15 is 0 Å². The van der Waals surface area contributed by atoms with E-state index in [4.69, 9.17) is 23.2 Å². The number of allylic oxidation sites excluding steroid dienone is 1. The lowest BCUT2D eigenvalue weighted by Gasteiger charge is -2.35. The molecule has 0 spiro atoms. The molecule has 0 radical (unpaired) electrons. The van der Waals surface area contributed by atoms with Crippen molar-refractivity contribution in [2.24, 2.45) is 0 Å². The third-order valence-corrected chi connectivity index (χ3v) is 5.62. The number of carbonyl (C=O) groups is 1.